The summed E-state index contributed by atoms with van der Waals surface area (Å²) in [5.41, 5.74) is 0. The Morgan fingerprint density at radius 1 is 1.59 bits per heavy atom. The molecule has 2 nitrogen and oxygen atoms in total. The maximum Gasteiger partial charge on any atom is 0.169 e. The van der Waals surface area contributed by atoms with Crippen molar-refractivity contribution in [2.75, 3.05) is 6.54 Å². The maximum atomic E-state index is 5.50. The van der Waals surface area contributed by atoms with Crippen LogP contribution in [0.2, 0.25) is 0 Å². The van der Waals surface area contributed by atoms with Gasteiger partial charge in [-0.15, -0.1) is 11.3 Å². The van der Waals surface area contributed by atoms with Gasteiger partial charge in [0.25, 0.3) is 0 Å². The highest BCUT2D eigenvalue weighted by Crippen LogP contribution is 2.29. The van der Waals surface area contributed by atoms with Gasteiger partial charge in [0.1, 0.15) is 0 Å². The molecule has 0 aliphatic heterocycles. The molecule has 4 heteroatoms. The van der Waals surface area contributed by atoms with E-state index in [1.807, 2.05) is 11.3 Å². The van der Waals surface area contributed by atoms with Crippen LogP contribution < -0.4 is 5.32 Å². The van der Waals surface area contributed by atoms with Crippen molar-refractivity contribution in [1.82, 2.24) is 10.2 Å². The molecule has 0 atom stereocenters. The largest absolute Gasteiger partial charge is 0.363 e. The molecule has 1 aromatic rings. The van der Waals surface area contributed by atoms with Crippen molar-refractivity contribution >= 4 is 28.7 Å². The first-order chi connectivity index (χ1) is 8.31. The number of unbranched alkanes of at least 4 members (excludes halogenated alkanes) is 1. The van der Waals surface area contributed by atoms with Gasteiger partial charge in [-0.2, -0.15) is 0 Å². The van der Waals surface area contributed by atoms with Crippen LogP contribution in [0.3, 0.4) is 0 Å². The van der Waals surface area contributed by atoms with Crippen LogP contribution in [0, 0.1) is 0 Å². The van der Waals surface area contributed by atoms with Crippen molar-refractivity contribution < 1.29 is 0 Å². The molecule has 17 heavy (non-hydrogen) atoms. The molecule has 1 aliphatic carbocycles. The molecule has 0 spiro atoms. The molecule has 94 valence electrons. The van der Waals surface area contributed by atoms with E-state index >= 15 is 0 Å². The van der Waals surface area contributed by atoms with Crippen molar-refractivity contribution in [3.63, 3.8) is 0 Å². The number of thiophene rings is 1. The lowest BCUT2D eigenvalue weighted by molar-refractivity contribution is 0.399. The summed E-state index contributed by atoms with van der Waals surface area (Å²) in [6.45, 7) is 4.18. The third-order valence-corrected chi connectivity index (χ3v) is 4.20. The van der Waals surface area contributed by atoms with Gasteiger partial charge >= 0.3 is 0 Å². The maximum absolute atomic E-state index is 5.50. The van der Waals surface area contributed by atoms with Gasteiger partial charge in [0.15, 0.2) is 5.11 Å². The van der Waals surface area contributed by atoms with Gasteiger partial charge in [0, 0.05) is 17.5 Å². The molecule has 1 aliphatic rings. The molecule has 2 rings (SSSR count). The topological polar surface area (TPSA) is 15.3 Å². The van der Waals surface area contributed by atoms with Crippen molar-refractivity contribution in [2.24, 2.45) is 0 Å². The number of nitrogens with one attached hydrogen (secondary N) is 1. The number of hydrogen-bond acceptors (Lipinski definition) is 2. The van der Waals surface area contributed by atoms with E-state index in [1.54, 1.807) is 0 Å². The van der Waals surface area contributed by atoms with Gasteiger partial charge in [0.05, 0.1) is 6.54 Å². The van der Waals surface area contributed by atoms with E-state index < -0.39 is 0 Å². The van der Waals surface area contributed by atoms with Crippen molar-refractivity contribution in [3.8, 4) is 0 Å². The highest BCUT2D eigenvalue weighted by atomic mass is 32.1. The van der Waals surface area contributed by atoms with Crippen LogP contribution >= 0.6 is 23.6 Å². The van der Waals surface area contributed by atoms with Gasteiger partial charge in [-0.1, -0.05) is 19.4 Å². The molecule has 0 aromatic carbocycles. The highest BCUT2D eigenvalue weighted by molar-refractivity contribution is 7.80. The number of rotatable bonds is 6. The second-order valence-corrected chi connectivity index (χ2v) is 5.94. The molecule has 1 saturated carbocycles. The SMILES string of the molecule is CCCCNC(=S)N(Cc1cccs1)C1CC1. The quantitative estimate of drug-likeness (QED) is 0.629. The molecule has 1 N–H and O–H groups in total. The Morgan fingerprint density at radius 2 is 2.41 bits per heavy atom. The van der Waals surface area contributed by atoms with E-state index in [9.17, 15) is 0 Å². The van der Waals surface area contributed by atoms with Crippen LogP contribution in [-0.2, 0) is 6.54 Å². The standard InChI is InChI=1S/C13H20N2S2/c1-2-3-8-14-13(16)15(11-6-7-11)10-12-5-4-9-17-12/h4-5,9,11H,2-3,6-8,10H2,1H3,(H,14,16). The molecule has 1 fully saturated rings. The minimum absolute atomic E-state index is 0.679. The van der Waals surface area contributed by atoms with E-state index in [1.165, 1.54) is 30.6 Å². The Bertz CT molecular complexity index is 344. The summed E-state index contributed by atoms with van der Waals surface area (Å²) in [5, 5.41) is 6.45. The molecule has 0 amide bonds. The Hall–Kier alpha value is -0.610. The Labute approximate surface area is 113 Å². The summed E-state index contributed by atoms with van der Waals surface area (Å²) in [6, 6.07) is 4.98. The number of thiocarbonyl (C=S) groups is 1. The van der Waals surface area contributed by atoms with Gasteiger partial charge in [0.2, 0.25) is 0 Å². The second-order valence-electron chi connectivity index (χ2n) is 4.52. The van der Waals surface area contributed by atoms with Gasteiger partial charge in [-0.05, 0) is 42.9 Å². The first-order valence-electron chi connectivity index (χ1n) is 6.38. The fourth-order valence-electron chi connectivity index (χ4n) is 1.80. The van der Waals surface area contributed by atoms with E-state index in [2.05, 4.69) is 34.7 Å². The van der Waals surface area contributed by atoms with E-state index in [0.717, 1.165) is 18.2 Å². The van der Waals surface area contributed by atoms with Crippen LogP contribution in [-0.4, -0.2) is 22.6 Å². The predicted octanol–water partition coefficient (Wildman–Crippen LogP) is 3.39. The monoisotopic (exact) mass is 268 g/mol. The summed E-state index contributed by atoms with van der Waals surface area (Å²) in [4.78, 5) is 3.76. The third-order valence-electron chi connectivity index (χ3n) is 2.96. The molecular weight excluding hydrogens is 248 g/mol. The Kier molecular flexibility index (Phi) is 4.80. The summed E-state index contributed by atoms with van der Waals surface area (Å²) in [6.07, 6.45) is 4.99. The second kappa shape index (κ2) is 6.36. The normalized spacial score (nSPS) is 14.6. The van der Waals surface area contributed by atoms with E-state index in [4.69, 9.17) is 12.2 Å². The average Bonchev–Trinajstić information content (AvgIpc) is 3.03. The average molecular weight is 268 g/mol. The molecule has 1 heterocycles. The lowest BCUT2D eigenvalue weighted by atomic mass is 10.3. The zero-order valence-corrected chi connectivity index (χ0v) is 11.9. The third kappa shape index (κ3) is 3.96. The lowest BCUT2D eigenvalue weighted by Gasteiger charge is -2.25. The van der Waals surface area contributed by atoms with Gasteiger partial charge in [-0.3, -0.25) is 0 Å². The lowest BCUT2D eigenvalue weighted by Crippen LogP contribution is -2.40. The molecule has 1 aromatic heterocycles. The van der Waals surface area contributed by atoms with E-state index in [0.29, 0.717) is 6.04 Å². The van der Waals surface area contributed by atoms with Crippen molar-refractivity contribution in [2.45, 2.75) is 45.2 Å². The Balaban J connectivity index is 1.86. The van der Waals surface area contributed by atoms with Crippen LogP contribution in [0.1, 0.15) is 37.5 Å². The van der Waals surface area contributed by atoms with Crippen molar-refractivity contribution in [1.29, 1.82) is 0 Å². The summed E-state index contributed by atoms with van der Waals surface area (Å²) in [7, 11) is 0. The predicted molar refractivity (Wildman–Crippen MR) is 78.4 cm³/mol. The fourth-order valence-corrected chi connectivity index (χ4v) is 2.82. The van der Waals surface area contributed by atoms with Crippen LogP contribution in [0.25, 0.3) is 0 Å². The van der Waals surface area contributed by atoms with E-state index in [-0.39, 0.29) is 0 Å². The summed E-state index contributed by atoms with van der Waals surface area (Å²) < 4.78 is 0. The zero-order valence-electron chi connectivity index (χ0n) is 10.3. The van der Waals surface area contributed by atoms with Crippen LogP contribution in [0.5, 0.6) is 0 Å². The van der Waals surface area contributed by atoms with Crippen LogP contribution in [0.15, 0.2) is 17.5 Å². The molecule has 0 radical (unpaired) electrons. The first-order valence-corrected chi connectivity index (χ1v) is 7.67. The zero-order chi connectivity index (χ0) is 12.1. The smallest absolute Gasteiger partial charge is 0.169 e. The minimum atomic E-state index is 0.679. The first kappa shape index (κ1) is 12.8. The fraction of sp³-hybridized carbons (Fsp3) is 0.615. The van der Waals surface area contributed by atoms with Gasteiger partial charge in [-0.25, -0.2) is 0 Å². The molecule has 0 saturated heterocycles. The Morgan fingerprint density at radius 3 is 3.00 bits per heavy atom. The highest BCUT2D eigenvalue weighted by Gasteiger charge is 2.30. The molecule has 0 bridgehead atoms. The molecular formula is C13H20N2S2. The van der Waals surface area contributed by atoms with Gasteiger partial charge < -0.3 is 10.2 Å². The number of nitrogens with zero attached hydrogens (tertiary/aromatic N) is 1. The molecule has 0 unspecified atom stereocenters. The summed E-state index contributed by atoms with van der Waals surface area (Å²) >= 11 is 7.31. The summed E-state index contributed by atoms with van der Waals surface area (Å²) in [5.74, 6) is 0. The number of hydrogen-bond donors (Lipinski definition) is 1. The minimum Gasteiger partial charge on any atom is -0.363 e. The van der Waals surface area contributed by atoms with Crippen LogP contribution in [0.4, 0.5) is 0 Å². The van der Waals surface area contributed by atoms with Crippen molar-refractivity contribution in [3.05, 3.63) is 22.4 Å².